The van der Waals surface area contributed by atoms with Crippen LogP contribution in [0.5, 0.6) is 5.75 Å². The third kappa shape index (κ3) is 4.95. The molecule has 152 valence electrons. The van der Waals surface area contributed by atoms with Crippen LogP contribution in [0, 0.1) is 6.92 Å². The molecular weight excluding hydrogens is 390 g/mol. The molecule has 3 rings (SSSR count). The topological polar surface area (TPSA) is 68.5 Å². The minimum atomic E-state index is -0.0404. The summed E-state index contributed by atoms with van der Waals surface area (Å²) in [6.07, 6.45) is 0.231. The van der Waals surface area contributed by atoms with Crippen LogP contribution in [-0.4, -0.2) is 34.2 Å². The van der Waals surface area contributed by atoms with Crippen LogP contribution >= 0.6 is 11.6 Å². The molecule has 0 atom stereocenters. The molecule has 1 aromatic heterocycles. The second-order valence-electron chi connectivity index (χ2n) is 7.09. The summed E-state index contributed by atoms with van der Waals surface area (Å²) in [7, 11) is 1.60. The molecule has 0 radical (unpaired) electrons. The molecule has 0 spiro atoms. The van der Waals surface area contributed by atoms with Gasteiger partial charge in [-0.15, -0.1) is 10.2 Å². The Bertz CT molecular complexity index is 1000. The quantitative estimate of drug-likeness (QED) is 0.562. The van der Waals surface area contributed by atoms with E-state index in [-0.39, 0.29) is 24.9 Å². The van der Waals surface area contributed by atoms with Crippen molar-refractivity contribution in [3.8, 4) is 17.2 Å². The van der Waals surface area contributed by atoms with Crippen molar-refractivity contribution in [3.05, 3.63) is 64.5 Å². The molecule has 0 bridgehead atoms. The molecule has 0 aliphatic carbocycles. The Morgan fingerprint density at radius 1 is 1.21 bits per heavy atom. The van der Waals surface area contributed by atoms with E-state index < -0.39 is 0 Å². The lowest BCUT2D eigenvalue weighted by Crippen LogP contribution is -2.37. The second-order valence-corrected chi connectivity index (χ2v) is 7.50. The molecule has 29 heavy (non-hydrogen) atoms. The highest BCUT2D eigenvalue weighted by atomic mass is 35.5. The molecule has 6 nitrogen and oxygen atoms in total. The number of benzene rings is 2. The monoisotopic (exact) mass is 413 g/mol. The Morgan fingerprint density at radius 2 is 1.97 bits per heavy atom. The summed E-state index contributed by atoms with van der Waals surface area (Å²) in [4.78, 5) is 14.7. The maximum Gasteiger partial charge on any atom is 0.249 e. The van der Waals surface area contributed by atoms with Gasteiger partial charge in [-0.2, -0.15) is 0 Å². The van der Waals surface area contributed by atoms with Gasteiger partial charge in [0.05, 0.1) is 30.7 Å². The zero-order chi connectivity index (χ0) is 21.0. The number of halogens is 1. The lowest BCUT2D eigenvalue weighted by Gasteiger charge is -2.25. The third-order valence-corrected chi connectivity index (χ3v) is 4.93. The predicted molar refractivity (Wildman–Crippen MR) is 112 cm³/mol. The van der Waals surface area contributed by atoms with Gasteiger partial charge < -0.3 is 14.1 Å². The molecule has 3 aromatic rings. The molecule has 0 fully saturated rings. The summed E-state index contributed by atoms with van der Waals surface area (Å²) in [5.74, 6) is 1.35. The molecule has 1 amide bonds. The summed E-state index contributed by atoms with van der Waals surface area (Å²) in [5, 5.41) is 8.72. The highest BCUT2D eigenvalue weighted by Crippen LogP contribution is 2.27. The van der Waals surface area contributed by atoms with Crippen LogP contribution in [0.3, 0.4) is 0 Å². The second kappa shape index (κ2) is 9.09. The van der Waals surface area contributed by atoms with Crippen LogP contribution in [0.25, 0.3) is 11.5 Å². The molecular formula is C22H24ClN3O3. The molecule has 2 aromatic carbocycles. The minimum absolute atomic E-state index is 0.0334. The van der Waals surface area contributed by atoms with Crippen molar-refractivity contribution in [1.82, 2.24) is 15.1 Å². The number of aryl methyl sites for hydroxylation is 1. The average molecular weight is 414 g/mol. The van der Waals surface area contributed by atoms with E-state index >= 15 is 0 Å². The highest BCUT2D eigenvalue weighted by Gasteiger charge is 2.22. The summed E-state index contributed by atoms with van der Waals surface area (Å²) in [6, 6.07) is 13.0. The van der Waals surface area contributed by atoms with Gasteiger partial charge in [0.25, 0.3) is 0 Å². The fourth-order valence-electron chi connectivity index (χ4n) is 3.08. The number of methoxy groups -OCH3 is 1. The molecule has 0 aliphatic heterocycles. The van der Waals surface area contributed by atoms with Crippen LogP contribution in [0.1, 0.15) is 30.9 Å². The van der Waals surface area contributed by atoms with Crippen LogP contribution in [0.2, 0.25) is 5.02 Å². The maximum absolute atomic E-state index is 13.0. The van der Waals surface area contributed by atoms with E-state index in [0.717, 1.165) is 11.1 Å². The van der Waals surface area contributed by atoms with E-state index in [1.807, 2.05) is 57.2 Å². The Hall–Kier alpha value is -2.86. The first-order chi connectivity index (χ1) is 13.9. The maximum atomic E-state index is 13.0. The predicted octanol–water partition coefficient (Wildman–Crippen LogP) is 4.69. The fraction of sp³-hybridized carbons (Fsp3) is 0.318. The number of hydrogen-bond donors (Lipinski definition) is 0. The van der Waals surface area contributed by atoms with Crippen LogP contribution in [0.15, 0.2) is 46.9 Å². The van der Waals surface area contributed by atoms with Crippen molar-refractivity contribution in [1.29, 1.82) is 0 Å². The van der Waals surface area contributed by atoms with Gasteiger partial charge in [0.2, 0.25) is 17.7 Å². The Balaban J connectivity index is 1.78. The SMILES string of the molecule is COc1ccc(C)cc1CC(=O)N(Cc1nnc(-c2ccccc2Cl)o1)C(C)C. The largest absolute Gasteiger partial charge is 0.496 e. The number of hydrogen-bond acceptors (Lipinski definition) is 5. The first-order valence-electron chi connectivity index (χ1n) is 9.39. The number of nitrogens with zero attached hydrogens (tertiary/aromatic N) is 3. The lowest BCUT2D eigenvalue weighted by atomic mass is 10.1. The van der Waals surface area contributed by atoms with Gasteiger partial charge in [-0.05, 0) is 39.0 Å². The average Bonchev–Trinajstić information content (AvgIpc) is 3.15. The molecule has 0 N–H and O–H groups in total. The Kier molecular flexibility index (Phi) is 6.54. The van der Waals surface area contributed by atoms with Gasteiger partial charge in [-0.25, -0.2) is 0 Å². The van der Waals surface area contributed by atoms with E-state index in [1.54, 1.807) is 18.1 Å². The molecule has 7 heteroatoms. The van der Waals surface area contributed by atoms with E-state index in [1.165, 1.54) is 0 Å². The van der Waals surface area contributed by atoms with Gasteiger partial charge in [-0.3, -0.25) is 4.79 Å². The van der Waals surface area contributed by atoms with E-state index in [4.69, 9.17) is 20.8 Å². The van der Waals surface area contributed by atoms with Crippen LogP contribution in [-0.2, 0) is 17.8 Å². The molecule has 0 saturated heterocycles. The van der Waals surface area contributed by atoms with Crippen molar-refractivity contribution < 1.29 is 13.9 Å². The van der Waals surface area contributed by atoms with E-state index in [0.29, 0.717) is 28.1 Å². The number of amides is 1. The Labute approximate surface area is 175 Å². The van der Waals surface area contributed by atoms with Crippen molar-refractivity contribution in [2.24, 2.45) is 0 Å². The molecule has 1 heterocycles. The first-order valence-corrected chi connectivity index (χ1v) is 9.77. The summed E-state index contributed by atoms with van der Waals surface area (Å²) < 4.78 is 11.2. The van der Waals surface area contributed by atoms with Gasteiger partial charge in [0, 0.05) is 11.6 Å². The fourth-order valence-corrected chi connectivity index (χ4v) is 3.29. The zero-order valence-electron chi connectivity index (χ0n) is 17.0. The normalized spacial score (nSPS) is 11.0. The summed E-state index contributed by atoms with van der Waals surface area (Å²) in [5.41, 5.74) is 2.59. The van der Waals surface area contributed by atoms with Crippen molar-refractivity contribution in [3.63, 3.8) is 0 Å². The molecule has 0 saturated carbocycles. The lowest BCUT2D eigenvalue weighted by molar-refractivity contribution is -0.133. The van der Waals surface area contributed by atoms with Crippen LogP contribution in [0.4, 0.5) is 0 Å². The number of aromatic nitrogens is 2. The van der Waals surface area contributed by atoms with Gasteiger partial charge in [0.1, 0.15) is 5.75 Å². The highest BCUT2D eigenvalue weighted by molar-refractivity contribution is 6.33. The van der Waals surface area contributed by atoms with Crippen molar-refractivity contribution in [2.75, 3.05) is 7.11 Å². The number of carbonyl (C=O) groups is 1. The van der Waals surface area contributed by atoms with E-state index in [2.05, 4.69) is 10.2 Å². The van der Waals surface area contributed by atoms with Crippen molar-refractivity contribution in [2.45, 2.75) is 39.8 Å². The van der Waals surface area contributed by atoms with Gasteiger partial charge in [-0.1, -0.05) is 41.4 Å². The van der Waals surface area contributed by atoms with Gasteiger partial charge in [0.15, 0.2) is 0 Å². The smallest absolute Gasteiger partial charge is 0.249 e. The number of ether oxygens (including phenoxy) is 1. The molecule has 0 aliphatic rings. The summed E-state index contributed by atoms with van der Waals surface area (Å²) >= 11 is 6.20. The molecule has 0 unspecified atom stereocenters. The van der Waals surface area contributed by atoms with E-state index in [9.17, 15) is 4.79 Å². The Morgan fingerprint density at radius 3 is 2.66 bits per heavy atom. The number of rotatable bonds is 7. The first kappa shape index (κ1) is 20.9. The van der Waals surface area contributed by atoms with Gasteiger partial charge >= 0.3 is 0 Å². The zero-order valence-corrected chi connectivity index (χ0v) is 17.7. The van der Waals surface area contributed by atoms with Crippen LogP contribution < -0.4 is 4.74 Å². The minimum Gasteiger partial charge on any atom is -0.496 e. The third-order valence-electron chi connectivity index (χ3n) is 4.60. The standard InChI is InChI=1S/C22H24ClN3O3/c1-14(2)26(21(27)12-16-11-15(3)9-10-19(16)28-4)13-20-24-25-22(29-20)17-7-5-6-8-18(17)23/h5-11,14H,12-13H2,1-4H3. The summed E-state index contributed by atoms with van der Waals surface area (Å²) in [6.45, 7) is 6.12. The number of carbonyl (C=O) groups excluding carboxylic acids is 1. The van der Waals surface area contributed by atoms with Crippen molar-refractivity contribution >= 4 is 17.5 Å².